The Bertz CT molecular complexity index is 197. The van der Waals surface area contributed by atoms with Gasteiger partial charge in [0.05, 0.1) is 0 Å². The molecule has 2 fully saturated rings. The van der Waals surface area contributed by atoms with Crippen LogP contribution in [-0.4, -0.2) is 49.1 Å². The van der Waals surface area contributed by atoms with Crippen molar-refractivity contribution in [3.63, 3.8) is 0 Å². The Labute approximate surface area is 94.6 Å². The van der Waals surface area contributed by atoms with Crippen molar-refractivity contribution >= 4 is 0 Å². The van der Waals surface area contributed by atoms with Crippen molar-refractivity contribution < 1.29 is 0 Å². The third kappa shape index (κ3) is 2.73. The second kappa shape index (κ2) is 4.84. The van der Waals surface area contributed by atoms with Crippen molar-refractivity contribution in [2.24, 2.45) is 11.8 Å². The second-order valence-electron chi connectivity index (χ2n) is 5.80. The van der Waals surface area contributed by atoms with Gasteiger partial charge in [-0.3, -0.25) is 4.90 Å². The summed E-state index contributed by atoms with van der Waals surface area (Å²) in [5, 5.41) is 0. The lowest BCUT2D eigenvalue weighted by atomic mass is 9.79. The van der Waals surface area contributed by atoms with Gasteiger partial charge in [-0.15, -0.1) is 0 Å². The molecule has 1 aliphatic carbocycles. The van der Waals surface area contributed by atoms with Crippen LogP contribution in [0.4, 0.5) is 0 Å². The van der Waals surface area contributed by atoms with E-state index in [4.69, 9.17) is 0 Å². The summed E-state index contributed by atoms with van der Waals surface area (Å²) in [5.41, 5.74) is 0. The molecule has 88 valence electrons. The second-order valence-corrected chi connectivity index (χ2v) is 5.80. The zero-order chi connectivity index (χ0) is 10.8. The molecule has 0 amide bonds. The van der Waals surface area contributed by atoms with Crippen LogP contribution >= 0.6 is 0 Å². The molecule has 0 aromatic heterocycles. The summed E-state index contributed by atoms with van der Waals surface area (Å²) in [5.74, 6) is 1.87. The Kier molecular flexibility index (Phi) is 3.68. The third-order valence-corrected chi connectivity index (χ3v) is 4.42. The molecule has 0 radical (unpaired) electrons. The van der Waals surface area contributed by atoms with E-state index >= 15 is 0 Å². The Morgan fingerprint density at radius 3 is 2.27 bits per heavy atom. The maximum Gasteiger partial charge on any atom is 0.0124 e. The maximum atomic E-state index is 2.75. The summed E-state index contributed by atoms with van der Waals surface area (Å²) < 4.78 is 0. The van der Waals surface area contributed by atoms with Crippen molar-refractivity contribution in [2.45, 2.75) is 39.2 Å². The van der Waals surface area contributed by atoms with Crippen LogP contribution < -0.4 is 0 Å². The first-order chi connectivity index (χ1) is 7.16. The molecule has 3 unspecified atom stereocenters. The molecular weight excluding hydrogens is 184 g/mol. The largest absolute Gasteiger partial charge is 0.304 e. The summed E-state index contributed by atoms with van der Waals surface area (Å²) >= 11 is 0. The van der Waals surface area contributed by atoms with Gasteiger partial charge in [0.1, 0.15) is 0 Å². The average molecular weight is 210 g/mol. The smallest absolute Gasteiger partial charge is 0.0124 e. The maximum absolute atomic E-state index is 2.75. The minimum Gasteiger partial charge on any atom is -0.304 e. The van der Waals surface area contributed by atoms with Gasteiger partial charge in [-0.25, -0.2) is 0 Å². The number of rotatable bonds is 1. The van der Waals surface area contributed by atoms with Gasteiger partial charge in [0.15, 0.2) is 0 Å². The van der Waals surface area contributed by atoms with Gasteiger partial charge in [0, 0.05) is 32.2 Å². The average Bonchev–Trinajstić information content (AvgIpc) is 2.23. The summed E-state index contributed by atoms with van der Waals surface area (Å²) in [7, 11) is 2.24. The van der Waals surface area contributed by atoms with Crippen LogP contribution in [-0.2, 0) is 0 Å². The first-order valence-electron chi connectivity index (χ1n) is 6.59. The predicted molar refractivity (Wildman–Crippen MR) is 65.0 cm³/mol. The molecule has 2 heteroatoms. The van der Waals surface area contributed by atoms with E-state index in [1.807, 2.05) is 0 Å². The Morgan fingerprint density at radius 1 is 0.933 bits per heavy atom. The summed E-state index contributed by atoms with van der Waals surface area (Å²) in [6.07, 6.45) is 4.33. The molecule has 0 spiro atoms. The highest BCUT2D eigenvalue weighted by Gasteiger charge is 2.31. The van der Waals surface area contributed by atoms with E-state index in [0.717, 1.165) is 17.9 Å². The van der Waals surface area contributed by atoms with Gasteiger partial charge < -0.3 is 4.90 Å². The first-order valence-corrected chi connectivity index (χ1v) is 6.59. The molecule has 1 heterocycles. The minimum atomic E-state index is 0.877. The lowest BCUT2D eigenvalue weighted by molar-refractivity contribution is 0.0503. The molecule has 15 heavy (non-hydrogen) atoms. The molecule has 0 aromatic carbocycles. The zero-order valence-electron chi connectivity index (χ0n) is 10.6. The number of hydrogen-bond acceptors (Lipinski definition) is 2. The van der Waals surface area contributed by atoms with Crippen LogP contribution in [0.5, 0.6) is 0 Å². The molecular formula is C13H26N2. The highest BCUT2D eigenvalue weighted by Crippen LogP contribution is 2.32. The van der Waals surface area contributed by atoms with Crippen LogP contribution in [0.1, 0.15) is 33.1 Å². The molecule has 2 rings (SSSR count). The fourth-order valence-corrected chi connectivity index (χ4v) is 3.16. The molecule has 1 saturated carbocycles. The molecule has 2 nitrogen and oxygen atoms in total. The molecule has 0 N–H and O–H groups in total. The summed E-state index contributed by atoms with van der Waals surface area (Å²) in [6.45, 7) is 9.98. The van der Waals surface area contributed by atoms with Crippen LogP contribution in [0.15, 0.2) is 0 Å². The Hall–Kier alpha value is -0.0800. The highest BCUT2D eigenvalue weighted by molar-refractivity contribution is 4.85. The summed E-state index contributed by atoms with van der Waals surface area (Å²) in [4.78, 5) is 5.20. The number of hydrogen-bond donors (Lipinski definition) is 0. The Morgan fingerprint density at radius 2 is 1.60 bits per heavy atom. The van der Waals surface area contributed by atoms with Crippen molar-refractivity contribution in [3.05, 3.63) is 0 Å². The SMILES string of the molecule is CC1CCC(C)C(N2CCN(C)CC2)C1. The van der Waals surface area contributed by atoms with E-state index < -0.39 is 0 Å². The van der Waals surface area contributed by atoms with E-state index in [2.05, 4.69) is 30.7 Å². The van der Waals surface area contributed by atoms with Crippen molar-refractivity contribution in [1.82, 2.24) is 9.80 Å². The topological polar surface area (TPSA) is 6.48 Å². The van der Waals surface area contributed by atoms with E-state index in [1.165, 1.54) is 45.4 Å². The van der Waals surface area contributed by atoms with Gasteiger partial charge in [0.2, 0.25) is 0 Å². The number of piperazine rings is 1. The van der Waals surface area contributed by atoms with Crippen LogP contribution in [0, 0.1) is 11.8 Å². The minimum absolute atomic E-state index is 0.877. The molecule has 0 bridgehead atoms. The normalized spacial score (nSPS) is 40.6. The number of likely N-dealkylation sites (N-methyl/N-ethyl adjacent to an activating group) is 1. The quantitative estimate of drug-likeness (QED) is 0.653. The fraction of sp³-hybridized carbons (Fsp3) is 1.00. The molecule has 1 aliphatic heterocycles. The number of nitrogens with zero attached hydrogens (tertiary/aromatic N) is 2. The molecule has 2 aliphatic rings. The third-order valence-electron chi connectivity index (χ3n) is 4.42. The van der Waals surface area contributed by atoms with Gasteiger partial charge in [-0.05, 0) is 31.7 Å². The van der Waals surface area contributed by atoms with Crippen LogP contribution in [0.25, 0.3) is 0 Å². The lowest BCUT2D eigenvalue weighted by Gasteiger charge is -2.44. The van der Waals surface area contributed by atoms with E-state index in [9.17, 15) is 0 Å². The molecule has 1 saturated heterocycles. The van der Waals surface area contributed by atoms with E-state index in [-0.39, 0.29) is 0 Å². The van der Waals surface area contributed by atoms with Gasteiger partial charge in [-0.1, -0.05) is 20.3 Å². The summed E-state index contributed by atoms with van der Waals surface area (Å²) in [6, 6.07) is 0.877. The van der Waals surface area contributed by atoms with Crippen molar-refractivity contribution in [2.75, 3.05) is 33.2 Å². The highest BCUT2D eigenvalue weighted by atomic mass is 15.3. The van der Waals surface area contributed by atoms with Crippen molar-refractivity contribution in [1.29, 1.82) is 0 Å². The van der Waals surface area contributed by atoms with Gasteiger partial charge >= 0.3 is 0 Å². The van der Waals surface area contributed by atoms with E-state index in [0.29, 0.717) is 0 Å². The van der Waals surface area contributed by atoms with Gasteiger partial charge in [0.25, 0.3) is 0 Å². The van der Waals surface area contributed by atoms with Crippen LogP contribution in [0.3, 0.4) is 0 Å². The van der Waals surface area contributed by atoms with Crippen LogP contribution in [0.2, 0.25) is 0 Å². The Balaban J connectivity index is 1.90. The predicted octanol–water partition coefficient (Wildman–Crippen LogP) is 2.06. The monoisotopic (exact) mass is 210 g/mol. The fourth-order valence-electron chi connectivity index (χ4n) is 3.16. The standard InChI is InChI=1S/C13H26N2/c1-11-4-5-12(2)13(10-11)15-8-6-14(3)7-9-15/h11-13H,4-10H2,1-3H3. The first kappa shape index (κ1) is 11.4. The van der Waals surface area contributed by atoms with Gasteiger partial charge in [-0.2, -0.15) is 0 Å². The van der Waals surface area contributed by atoms with Crippen molar-refractivity contribution in [3.8, 4) is 0 Å². The lowest BCUT2D eigenvalue weighted by Crippen LogP contribution is -2.52. The van der Waals surface area contributed by atoms with E-state index in [1.54, 1.807) is 0 Å². The zero-order valence-corrected chi connectivity index (χ0v) is 10.6. The molecule has 3 atom stereocenters. The molecule has 0 aromatic rings.